The molecule has 8 heteroatoms. The maximum atomic E-state index is 5.09. The lowest BCUT2D eigenvalue weighted by molar-refractivity contribution is 0.554. The Hall–Kier alpha value is -2.26. The molecular weight excluding hydrogens is 545 g/mol. The van der Waals surface area contributed by atoms with Crippen molar-refractivity contribution in [3.05, 3.63) is 79.3 Å². The van der Waals surface area contributed by atoms with Crippen LogP contribution in [-0.2, 0) is 0 Å². The van der Waals surface area contributed by atoms with E-state index in [2.05, 4.69) is 48.6 Å². The molecular formula is C30H20N4S4. The lowest BCUT2D eigenvalue weighted by Gasteiger charge is -2.33. The number of nitrogens with zero attached hydrogens (tertiary/aromatic N) is 4. The van der Waals surface area contributed by atoms with Crippen LogP contribution in [0.2, 0.25) is 0 Å². The van der Waals surface area contributed by atoms with Gasteiger partial charge in [0.2, 0.25) is 0 Å². The monoisotopic (exact) mass is 564 g/mol. The van der Waals surface area contributed by atoms with Crippen molar-refractivity contribution in [2.75, 3.05) is 0 Å². The fourth-order valence-corrected chi connectivity index (χ4v) is 11.9. The van der Waals surface area contributed by atoms with Gasteiger partial charge < -0.3 is 0 Å². The number of thioether (sulfide) groups is 4. The highest BCUT2D eigenvalue weighted by Gasteiger charge is 2.34. The van der Waals surface area contributed by atoms with Crippen molar-refractivity contribution in [1.29, 1.82) is 0 Å². The second kappa shape index (κ2) is 7.68. The summed E-state index contributed by atoms with van der Waals surface area (Å²) in [6.45, 7) is 0. The SMILES string of the molecule is C1=CC2CCC1c1cc3nc4c(nc3cc12)SC(=C1Sc2nc3cc5c(cc3nc2S1)C1C=CC5CC1)S4. The van der Waals surface area contributed by atoms with E-state index in [9.17, 15) is 0 Å². The highest BCUT2D eigenvalue weighted by Crippen LogP contribution is 2.60. The zero-order valence-corrected chi connectivity index (χ0v) is 23.4. The number of aromatic nitrogens is 4. The molecule has 0 saturated heterocycles. The van der Waals surface area contributed by atoms with Crippen molar-refractivity contribution in [3.8, 4) is 0 Å². The molecule has 8 aliphatic rings. The molecule has 4 unspecified atom stereocenters. The van der Waals surface area contributed by atoms with Crippen LogP contribution < -0.4 is 0 Å². The maximum absolute atomic E-state index is 5.09. The maximum Gasteiger partial charge on any atom is 0.135 e. The quantitative estimate of drug-likeness (QED) is 0.196. The topological polar surface area (TPSA) is 51.6 Å². The van der Waals surface area contributed by atoms with Crippen LogP contribution in [0.25, 0.3) is 22.1 Å². The lowest BCUT2D eigenvalue weighted by atomic mass is 9.71. The normalized spacial score (nSPS) is 27.4. The molecule has 0 radical (unpaired) electrons. The van der Waals surface area contributed by atoms with Gasteiger partial charge in [-0.3, -0.25) is 0 Å². The van der Waals surface area contributed by atoms with E-state index in [-0.39, 0.29) is 0 Å². The van der Waals surface area contributed by atoms with Crippen LogP contribution in [-0.4, -0.2) is 19.9 Å². The number of rotatable bonds is 0. The first-order chi connectivity index (χ1) is 18.7. The van der Waals surface area contributed by atoms with Crippen LogP contribution >= 0.6 is 47.0 Å². The van der Waals surface area contributed by atoms with Gasteiger partial charge in [0.15, 0.2) is 0 Å². The number of hydrogen-bond donors (Lipinski definition) is 0. The van der Waals surface area contributed by atoms with Crippen molar-refractivity contribution >= 4 is 69.1 Å². The van der Waals surface area contributed by atoms with E-state index in [4.69, 9.17) is 19.9 Å². The molecule has 6 aliphatic carbocycles. The minimum absolute atomic E-state index is 0.548. The Morgan fingerprint density at radius 2 is 0.684 bits per heavy atom. The zero-order chi connectivity index (χ0) is 24.5. The van der Waals surface area contributed by atoms with Crippen molar-refractivity contribution < 1.29 is 0 Å². The molecule has 0 N–H and O–H groups in total. The van der Waals surface area contributed by atoms with Gasteiger partial charge in [0.1, 0.15) is 20.1 Å². The van der Waals surface area contributed by atoms with Crippen LogP contribution in [0.5, 0.6) is 0 Å². The van der Waals surface area contributed by atoms with Crippen molar-refractivity contribution in [2.45, 2.75) is 69.5 Å². The average Bonchev–Trinajstić information content (AvgIpc) is 3.57. The number of benzene rings is 2. The van der Waals surface area contributed by atoms with E-state index in [0.717, 1.165) is 42.2 Å². The number of allylic oxidation sites excluding steroid dienone is 4. The van der Waals surface area contributed by atoms with Gasteiger partial charge in [-0.05, 0) is 72.2 Å². The summed E-state index contributed by atoms with van der Waals surface area (Å²) >= 11 is 7.02. The van der Waals surface area contributed by atoms with E-state index >= 15 is 0 Å². The molecule has 12 rings (SSSR count). The molecule has 4 heterocycles. The highest BCUT2D eigenvalue weighted by atomic mass is 32.2. The fraction of sp³-hybridized carbons (Fsp3) is 0.267. The number of hydrogen-bond acceptors (Lipinski definition) is 8. The van der Waals surface area contributed by atoms with Crippen LogP contribution in [0.3, 0.4) is 0 Å². The van der Waals surface area contributed by atoms with E-state index < -0.39 is 0 Å². The van der Waals surface area contributed by atoms with Gasteiger partial charge in [0, 0.05) is 23.7 Å². The molecule has 4 nitrogen and oxygen atoms in total. The first-order valence-electron chi connectivity index (χ1n) is 13.3. The van der Waals surface area contributed by atoms with Crippen molar-refractivity contribution in [2.24, 2.45) is 0 Å². The van der Waals surface area contributed by atoms with E-state index in [1.165, 1.54) is 56.4 Å². The lowest BCUT2D eigenvalue weighted by Crippen LogP contribution is -2.17. The Morgan fingerprint density at radius 1 is 0.421 bits per heavy atom. The summed E-state index contributed by atoms with van der Waals surface area (Å²) in [5.41, 5.74) is 9.97. The van der Waals surface area contributed by atoms with Gasteiger partial charge in [-0.25, -0.2) is 19.9 Å². The minimum Gasteiger partial charge on any atom is -0.237 e. The molecule has 0 spiro atoms. The third kappa shape index (κ3) is 3.00. The van der Waals surface area contributed by atoms with Crippen molar-refractivity contribution in [3.63, 3.8) is 0 Å². The Kier molecular flexibility index (Phi) is 4.36. The smallest absolute Gasteiger partial charge is 0.135 e. The second-order valence-electron chi connectivity index (χ2n) is 10.9. The summed E-state index contributed by atoms with van der Waals surface area (Å²) in [4.78, 5) is 20.4. The average molecular weight is 565 g/mol. The van der Waals surface area contributed by atoms with Crippen LogP contribution in [0.15, 0.2) is 77.1 Å². The van der Waals surface area contributed by atoms with Gasteiger partial charge in [0.05, 0.1) is 30.5 Å². The minimum atomic E-state index is 0.548. The summed E-state index contributed by atoms with van der Waals surface area (Å²) in [6, 6.07) is 9.24. The molecule has 2 aliphatic heterocycles. The number of fused-ring (bicyclic) bond motifs is 6. The molecule has 0 amide bonds. The van der Waals surface area contributed by atoms with E-state index in [1.54, 1.807) is 47.0 Å². The Labute approximate surface area is 236 Å². The van der Waals surface area contributed by atoms with Gasteiger partial charge in [-0.15, -0.1) is 0 Å². The molecule has 0 fully saturated rings. The third-order valence-corrected chi connectivity index (χ3v) is 14.1. The Morgan fingerprint density at radius 3 is 0.921 bits per heavy atom. The molecule has 2 aromatic heterocycles. The third-order valence-electron chi connectivity index (χ3n) is 8.87. The zero-order valence-electron chi connectivity index (χ0n) is 20.2. The standard InChI is InChI=1S/C30H20N4S4/c1-2-14-4-3-13(1)17-9-21-22(10-18(14)17)32-26-25(31-21)35-29(36-26)30-37-27-28(38-30)34-24-12-20-16-6-5-15(7-8-16)19(20)11-23(24)33-27/h1-2,5-6,9-16H,3-4,7-8H2. The molecule has 0 saturated carbocycles. The van der Waals surface area contributed by atoms with Crippen LogP contribution in [0.1, 0.15) is 71.6 Å². The van der Waals surface area contributed by atoms with E-state index in [0.29, 0.717) is 23.7 Å². The molecule has 4 aromatic rings. The first kappa shape index (κ1) is 21.5. The summed E-state index contributed by atoms with van der Waals surface area (Å²) in [6.07, 6.45) is 14.6. The van der Waals surface area contributed by atoms with Crippen LogP contribution in [0, 0.1) is 0 Å². The van der Waals surface area contributed by atoms with Crippen LogP contribution in [0.4, 0.5) is 0 Å². The predicted molar refractivity (Wildman–Crippen MR) is 157 cm³/mol. The van der Waals surface area contributed by atoms with Gasteiger partial charge >= 0.3 is 0 Å². The summed E-state index contributed by atoms with van der Waals surface area (Å²) in [5, 5.41) is 4.11. The summed E-state index contributed by atoms with van der Waals surface area (Å²) < 4.78 is 2.50. The molecule has 4 bridgehead atoms. The Bertz CT molecular complexity index is 1610. The highest BCUT2D eigenvalue weighted by molar-refractivity contribution is 8.30. The molecule has 2 aromatic carbocycles. The molecule has 38 heavy (non-hydrogen) atoms. The van der Waals surface area contributed by atoms with Gasteiger partial charge in [0.25, 0.3) is 0 Å². The summed E-state index contributed by atoms with van der Waals surface area (Å²) in [5.74, 6) is 2.19. The molecule has 184 valence electrons. The second-order valence-corrected chi connectivity index (χ2v) is 15.5. The fourth-order valence-electron chi connectivity index (χ4n) is 6.99. The Balaban J connectivity index is 1.01. The van der Waals surface area contributed by atoms with Crippen molar-refractivity contribution in [1.82, 2.24) is 19.9 Å². The summed E-state index contributed by atoms with van der Waals surface area (Å²) in [7, 11) is 0. The van der Waals surface area contributed by atoms with E-state index in [1.807, 2.05) is 0 Å². The molecule has 4 atom stereocenters. The van der Waals surface area contributed by atoms with Gasteiger partial charge in [-0.1, -0.05) is 71.4 Å². The predicted octanol–water partition coefficient (Wildman–Crippen LogP) is 8.86. The van der Waals surface area contributed by atoms with Gasteiger partial charge in [-0.2, -0.15) is 0 Å². The largest absolute Gasteiger partial charge is 0.237 e. The first-order valence-corrected chi connectivity index (χ1v) is 16.5.